The van der Waals surface area contributed by atoms with E-state index in [1.165, 1.54) is 24.8 Å². The fourth-order valence-corrected chi connectivity index (χ4v) is 3.78. The largest absolute Gasteiger partial charge is 0.299 e. The molecule has 1 nitrogen and oxygen atoms in total. The molecule has 1 aromatic carbocycles. The second kappa shape index (κ2) is 7.77. The van der Waals surface area contributed by atoms with Crippen molar-refractivity contribution in [1.82, 2.24) is 0 Å². The van der Waals surface area contributed by atoms with E-state index < -0.39 is 0 Å². The number of hydrogen-bond acceptors (Lipinski definition) is 1. The highest BCUT2D eigenvalue weighted by Gasteiger charge is 2.33. The first kappa shape index (κ1) is 16.3. The second-order valence-corrected chi connectivity index (χ2v) is 6.80. The average molecular weight is 286 g/mol. The second-order valence-electron chi connectivity index (χ2n) is 6.80. The molecule has 1 aliphatic carbocycles. The number of benzene rings is 1. The van der Waals surface area contributed by atoms with Crippen molar-refractivity contribution in [1.29, 1.82) is 0 Å². The highest BCUT2D eigenvalue weighted by Crippen LogP contribution is 2.37. The third-order valence-electron chi connectivity index (χ3n) is 5.50. The van der Waals surface area contributed by atoms with Crippen LogP contribution in [-0.4, -0.2) is 5.78 Å². The van der Waals surface area contributed by atoms with Crippen molar-refractivity contribution in [2.24, 2.45) is 17.8 Å². The van der Waals surface area contributed by atoms with E-state index in [1.807, 2.05) is 6.07 Å². The summed E-state index contributed by atoms with van der Waals surface area (Å²) >= 11 is 0. The smallest absolute Gasteiger partial charge is 0.143 e. The van der Waals surface area contributed by atoms with Crippen LogP contribution in [-0.2, 0) is 4.79 Å². The van der Waals surface area contributed by atoms with Crippen molar-refractivity contribution in [2.45, 2.75) is 65.2 Å². The molecule has 0 bridgehead atoms. The van der Waals surface area contributed by atoms with Gasteiger partial charge in [-0.15, -0.1) is 0 Å². The van der Waals surface area contributed by atoms with E-state index in [2.05, 4.69) is 45.0 Å². The molecule has 2 unspecified atom stereocenters. The Morgan fingerprint density at radius 2 is 1.71 bits per heavy atom. The predicted molar refractivity (Wildman–Crippen MR) is 89.4 cm³/mol. The molecule has 21 heavy (non-hydrogen) atoms. The van der Waals surface area contributed by atoms with Gasteiger partial charge in [-0.2, -0.15) is 0 Å². The number of hydrogen-bond donors (Lipinski definition) is 0. The van der Waals surface area contributed by atoms with E-state index >= 15 is 0 Å². The van der Waals surface area contributed by atoms with E-state index in [0.29, 0.717) is 17.6 Å². The molecule has 1 fully saturated rings. The van der Waals surface area contributed by atoms with Crippen molar-refractivity contribution in [3.8, 4) is 0 Å². The highest BCUT2D eigenvalue weighted by molar-refractivity contribution is 5.88. The molecule has 0 amide bonds. The topological polar surface area (TPSA) is 17.1 Å². The Labute approximate surface area is 130 Å². The molecule has 0 aliphatic heterocycles. The summed E-state index contributed by atoms with van der Waals surface area (Å²) < 4.78 is 0. The Hall–Kier alpha value is -1.11. The van der Waals surface area contributed by atoms with Gasteiger partial charge in [0.25, 0.3) is 0 Å². The molecule has 1 aliphatic rings. The summed E-state index contributed by atoms with van der Waals surface area (Å²) in [7, 11) is 0. The maximum absolute atomic E-state index is 13.1. The van der Waals surface area contributed by atoms with Gasteiger partial charge in [0.2, 0.25) is 0 Å². The lowest BCUT2D eigenvalue weighted by molar-refractivity contribution is -0.126. The van der Waals surface area contributed by atoms with E-state index in [4.69, 9.17) is 0 Å². The zero-order chi connectivity index (χ0) is 15.2. The molecule has 1 heteroatoms. The van der Waals surface area contributed by atoms with Crippen molar-refractivity contribution in [3.05, 3.63) is 35.9 Å². The molecule has 1 aromatic rings. The molecule has 0 spiro atoms. The number of ketones is 1. The average Bonchev–Trinajstić information content (AvgIpc) is 2.55. The lowest BCUT2D eigenvalue weighted by atomic mass is 9.72. The van der Waals surface area contributed by atoms with Crippen LogP contribution in [0.5, 0.6) is 0 Å². The first-order chi connectivity index (χ1) is 10.2. The van der Waals surface area contributed by atoms with Gasteiger partial charge in [-0.3, -0.25) is 4.79 Å². The monoisotopic (exact) mass is 286 g/mol. The molecule has 0 radical (unpaired) electrons. The van der Waals surface area contributed by atoms with E-state index in [9.17, 15) is 4.79 Å². The van der Waals surface area contributed by atoms with Crippen LogP contribution in [0.15, 0.2) is 30.3 Å². The minimum Gasteiger partial charge on any atom is -0.299 e. The SMILES string of the molecule is CCC1CCC(C(=O)C(c2ccccc2)C(C)CC)CC1. The van der Waals surface area contributed by atoms with Gasteiger partial charge in [-0.1, -0.05) is 63.9 Å². The van der Waals surface area contributed by atoms with Gasteiger partial charge in [0.15, 0.2) is 0 Å². The zero-order valence-corrected chi connectivity index (χ0v) is 13.8. The van der Waals surface area contributed by atoms with Crippen LogP contribution in [0.1, 0.15) is 70.8 Å². The Bertz CT molecular complexity index is 428. The minimum atomic E-state index is 0.0966. The van der Waals surface area contributed by atoms with Gasteiger partial charge >= 0.3 is 0 Å². The quantitative estimate of drug-likeness (QED) is 0.665. The van der Waals surface area contributed by atoms with Crippen molar-refractivity contribution in [3.63, 3.8) is 0 Å². The summed E-state index contributed by atoms with van der Waals surface area (Å²) in [6.07, 6.45) is 7.04. The Morgan fingerprint density at radius 3 is 2.24 bits per heavy atom. The molecule has 116 valence electrons. The van der Waals surface area contributed by atoms with Crippen LogP contribution in [0.25, 0.3) is 0 Å². The summed E-state index contributed by atoms with van der Waals surface area (Å²) in [5.41, 5.74) is 1.22. The molecule has 0 heterocycles. The van der Waals surface area contributed by atoms with E-state index in [0.717, 1.165) is 25.2 Å². The molecule has 0 aromatic heterocycles. The highest BCUT2D eigenvalue weighted by atomic mass is 16.1. The summed E-state index contributed by atoms with van der Waals surface area (Å²) in [5, 5.41) is 0. The van der Waals surface area contributed by atoms with Gasteiger partial charge < -0.3 is 0 Å². The zero-order valence-electron chi connectivity index (χ0n) is 13.8. The third-order valence-corrected chi connectivity index (χ3v) is 5.50. The van der Waals surface area contributed by atoms with Gasteiger partial charge in [0, 0.05) is 11.8 Å². The number of Topliss-reactive ketones (excluding diaryl/α,β-unsaturated/α-hetero) is 1. The Balaban J connectivity index is 2.12. The molecule has 2 rings (SSSR count). The summed E-state index contributed by atoms with van der Waals surface area (Å²) in [6.45, 7) is 6.70. The van der Waals surface area contributed by atoms with Crippen LogP contribution in [0.4, 0.5) is 0 Å². The van der Waals surface area contributed by atoms with Crippen LogP contribution < -0.4 is 0 Å². The Morgan fingerprint density at radius 1 is 1.10 bits per heavy atom. The lowest BCUT2D eigenvalue weighted by Gasteiger charge is -2.31. The lowest BCUT2D eigenvalue weighted by Crippen LogP contribution is -2.29. The van der Waals surface area contributed by atoms with Crippen LogP contribution >= 0.6 is 0 Å². The molecule has 1 saturated carbocycles. The summed E-state index contributed by atoms with van der Waals surface area (Å²) in [5.74, 6) is 2.19. The van der Waals surface area contributed by atoms with E-state index in [1.54, 1.807) is 0 Å². The summed E-state index contributed by atoms with van der Waals surface area (Å²) in [6, 6.07) is 10.4. The predicted octanol–water partition coefficient (Wildman–Crippen LogP) is 5.60. The van der Waals surface area contributed by atoms with E-state index in [-0.39, 0.29) is 5.92 Å². The Kier molecular flexibility index (Phi) is 6.02. The van der Waals surface area contributed by atoms with Crippen LogP contribution in [0, 0.1) is 17.8 Å². The van der Waals surface area contributed by atoms with Crippen molar-refractivity contribution >= 4 is 5.78 Å². The molecule has 0 saturated heterocycles. The van der Waals surface area contributed by atoms with Crippen molar-refractivity contribution in [2.75, 3.05) is 0 Å². The first-order valence-corrected chi connectivity index (χ1v) is 8.76. The number of carbonyl (C=O) groups is 1. The normalized spacial score (nSPS) is 25.3. The maximum Gasteiger partial charge on any atom is 0.143 e. The van der Waals surface area contributed by atoms with Crippen LogP contribution in [0.3, 0.4) is 0 Å². The maximum atomic E-state index is 13.1. The molecular formula is C20H30O. The molecule has 0 N–H and O–H groups in total. The summed E-state index contributed by atoms with van der Waals surface area (Å²) in [4.78, 5) is 13.1. The minimum absolute atomic E-state index is 0.0966. The fraction of sp³-hybridized carbons (Fsp3) is 0.650. The van der Waals surface area contributed by atoms with Gasteiger partial charge in [0.05, 0.1) is 0 Å². The molecular weight excluding hydrogens is 256 g/mol. The number of rotatable bonds is 6. The first-order valence-electron chi connectivity index (χ1n) is 8.76. The van der Waals surface area contributed by atoms with Gasteiger partial charge in [-0.05, 0) is 43.1 Å². The third kappa shape index (κ3) is 3.96. The van der Waals surface area contributed by atoms with Gasteiger partial charge in [-0.25, -0.2) is 0 Å². The fourth-order valence-electron chi connectivity index (χ4n) is 3.78. The van der Waals surface area contributed by atoms with Gasteiger partial charge in [0.1, 0.15) is 5.78 Å². The van der Waals surface area contributed by atoms with Crippen molar-refractivity contribution < 1.29 is 4.79 Å². The molecule has 2 atom stereocenters. The number of carbonyl (C=O) groups excluding carboxylic acids is 1. The standard InChI is InChI=1S/C20H30O/c1-4-15(3)19(17-9-7-6-8-10-17)20(21)18-13-11-16(5-2)12-14-18/h6-10,15-16,18-19H,4-5,11-14H2,1-3H3. The van der Waals surface area contributed by atoms with Crippen LogP contribution in [0.2, 0.25) is 0 Å².